The number of unbranched alkanes of at least 4 members (excludes halogenated alkanes) is 2. The van der Waals surface area contributed by atoms with E-state index in [2.05, 4.69) is 149 Å². The van der Waals surface area contributed by atoms with Crippen molar-refractivity contribution in [2.45, 2.75) is 139 Å². The van der Waals surface area contributed by atoms with Gasteiger partial charge in [-0.05, 0) is 140 Å². The molecule has 0 atom stereocenters. The number of rotatable bonds is 21. The third kappa shape index (κ3) is 12.9. The van der Waals surface area contributed by atoms with Crippen molar-refractivity contribution in [1.29, 1.82) is 0 Å². The van der Waals surface area contributed by atoms with Crippen LogP contribution in [-0.2, 0) is 32.2 Å². The maximum Gasteiger partial charge on any atom is 0.126 e. The van der Waals surface area contributed by atoms with E-state index in [-0.39, 0.29) is 0 Å². The highest BCUT2D eigenvalue weighted by Crippen LogP contribution is 2.42. The number of hydrogen-bond donors (Lipinski definition) is 0. The third-order valence-corrected chi connectivity index (χ3v) is 12.3. The maximum atomic E-state index is 6.90. The van der Waals surface area contributed by atoms with E-state index in [1.165, 1.54) is 81.3 Å². The van der Waals surface area contributed by atoms with Gasteiger partial charge >= 0.3 is 0 Å². The highest BCUT2D eigenvalue weighted by Gasteiger charge is 2.24. The van der Waals surface area contributed by atoms with Crippen LogP contribution in [0.25, 0.3) is 11.1 Å². The molecule has 0 saturated heterocycles. The molecule has 6 heteroatoms. The zero-order chi connectivity index (χ0) is 44.7. The molecule has 0 spiro atoms. The van der Waals surface area contributed by atoms with Crippen molar-refractivity contribution in [2.24, 2.45) is 0 Å². The molecular weight excluding hydrogens is 843 g/mol. The quantitative estimate of drug-likeness (QED) is 0.0719. The van der Waals surface area contributed by atoms with Gasteiger partial charge in [0.05, 0.1) is 26.4 Å². The Kier molecular flexibility index (Phi) is 18.5. The second kappa shape index (κ2) is 24.1. The molecule has 5 aromatic carbocycles. The Labute approximate surface area is 389 Å². The Balaban J connectivity index is 1.66. The number of ether oxygens (including phenoxy) is 4. The first-order valence-electron chi connectivity index (χ1n) is 24.2. The summed E-state index contributed by atoms with van der Waals surface area (Å²) in [5.41, 5.74) is 15.7. The van der Waals surface area contributed by atoms with Gasteiger partial charge in [-0.2, -0.15) is 0 Å². The molecule has 63 heavy (non-hydrogen) atoms. The summed E-state index contributed by atoms with van der Waals surface area (Å²) in [5.74, 6) is 3.91. The van der Waals surface area contributed by atoms with Crippen LogP contribution in [0.2, 0.25) is 0 Å². The van der Waals surface area contributed by atoms with Crippen LogP contribution in [0.5, 0.6) is 23.0 Å². The lowest BCUT2D eigenvalue weighted by atomic mass is 9.88. The molecule has 8 bridgehead atoms. The number of benzene rings is 5. The van der Waals surface area contributed by atoms with Gasteiger partial charge in [0.25, 0.3) is 0 Å². The summed E-state index contributed by atoms with van der Waals surface area (Å²) in [6.45, 7) is 23.4. The summed E-state index contributed by atoms with van der Waals surface area (Å²) in [6.07, 6.45) is 11.2. The van der Waals surface area contributed by atoms with Crippen molar-refractivity contribution in [3.63, 3.8) is 0 Å². The fourth-order valence-corrected chi connectivity index (χ4v) is 9.62. The van der Waals surface area contributed by atoms with Crippen molar-refractivity contribution >= 4 is 15.9 Å². The van der Waals surface area contributed by atoms with Crippen LogP contribution in [0.3, 0.4) is 0 Å². The van der Waals surface area contributed by atoms with E-state index in [9.17, 15) is 0 Å². The Bertz CT molecular complexity index is 2230. The van der Waals surface area contributed by atoms with E-state index in [1.807, 2.05) is 0 Å². The van der Waals surface area contributed by atoms with Gasteiger partial charge in [-0.3, -0.25) is 4.90 Å². The van der Waals surface area contributed by atoms with Crippen LogP contribution in [-0.4, -0.2) is 44.4 Å². The predicted octanol–water partition coefficient (Wildman–Crippen LogP) is 15.0. The second-order valence-corrected chi connectivity index (χ2v) is 18.7. The van der Waals surface area contributed by atoms with Crippen LogP contribution < -0.4 is 18.9 Å². The summed E-state index contributed by atoms with van der Waals surface area (Å²) < 4.78 is 28.6. The molecular formula is C57H74BrNO4. The average molecular weight is 917 g/mol. The second-order valence-electron chi connectivity index (χ2n) is 17.8. The number of fused-ring (bicyclic) bond motifs is 8. The highest BCUT2D eigenvalue weighted by atomic mass is 79.9. The van der Waals surface area contributed by atoms with Gasteiger partial charge in [0, 0.05) is 47.8 Å². The molecule has 0 unspecified atom stereocenters. The first kappa shape index (κ1) is 48.2. The van der Waals surface area contributed by atoms with E-state index in [0.717, 1.165) is 89.5 Å². The number of nitrogens with zero attached hydrogens (tertiary/aromatic N) is 1. The van der Waals surface area contributed by atoms with Crippen molar-refractivity contribution in [1.82, 2.24) is 4.90 Å². The van der Waals surface area contributed by atoms with Crippen LogP contribution in [0.1, 0.15) is 154 Å². The predicted molar refractivity (Wildman–Crippen MR) is 268 cm³/mol. The molecule has 1 aliphatic rings. The minimum atomic E-state index is 0.636. The van der Waals surface area contributed by atoms with Crippen molar-refractivity contribution in [3.05, 3.63) is 138 Å². The summed E-state index contributed by atoms with van der Waals surface area (Å²) in [5, 5.41) is 0. The smallest absolute Gasteiger partial charge is 0.126 e. The van der Waals surface area contributed by atoms with Crippen LogP contribution in [0.15, 0.2) is 77.3 Å². The van der Waals surface area contributed by atoms with Gasteiger partial charge in [-0.25, -0.2) is 0 Å². The minimum absolute atomic E-state index is 0.636. The molecule has 0 aromatic heterocycles. The van der Waals surface area contributed by atoms with Crippen LogP contribution in [0.4, 0.5) is 0 Å². The topological polar surface area (TPSA) is 40.2 Å². The van der Waals surface area contributed by atoms with Gasteiger partial charge in [0.2, 0.25) is 0 Å². The molecule has 0 amide bonds. The summed E-state index contributed by atoms with van der Waals surface area (Å²) in [4.78, 5) is 2.66. The lowest BCUT2D eigenvalue weighted by molar-refractivity contribution is 0.256. The van der Waals surface area contributed by atoms with Gasteiger partial charge in [0.15, 0.2) is 0 Å². The molecule has 1 aliphatic carbocycles. The maximum absolute atomic E-state index is 6.90. The number of para-hydroxylation sites is 1. The summed E-state index contributed by atoms with van der Waals surface area (Å²) in [6, 6.07) is 27.8. The fourth-order valence-electron chi connectivity index (χ4n) is 9.07. The van der Waals surface area contributed by atoms with Gasteiger partial charge in [-0.15, -0.1) is 0 Å². The lowest BCUT2D eigenvalue weighted by Gasteiger charge is -2.26. The highest BCUT2D eigenvalue weighted by molar-refractivity contribution is 9.10. The zero-order valence-electron chi connectivity index (χ0n) is 39.8. The first-order chi connectivity index (χ1) is 30.7. The minimum Gasteiger partial charge on any atom is -0.493 e. The Morgan fingerprint density at radius 1 is 0.444 bits per heavy atom. The van der Waals surface area contributed by atoms with Gasteiger partial charge in [0.1, 0.15) is 23.0 Å². The molecule has 5 aromatic rings. The Morgan fingerprint density at radius 3 is 1.22 bits per heavy atom. The number of hydrogen-bond acceptors (Lipinski definition) is 5. The number of halogens is 1. The fraction of sp³-hybridized carbons (Fsp3) is 0.474. The molecule has 0 heterocycles. The van der Waals surface area contributed by atoms with Crippen LogP contribution >= 0.6 is 15.9 Å². The molecule has 0 radical (unpaired) electrons. The monoisotopic (exact) mass is 915 g/mol. The van der Waals surface area contributed by atoms with E-state index in [0.29, 0.717) is 52.1 Å². The normalized spacial score (nSPS) is 12.4. The van der Waals surface area contributed by atoms with Crippen LogP contribution in [0, 0.1) is 13.8 Å². The molecule has 0 saturated carbocycles. The molecule has 0 aliphatic heterocycles. The van der Waals surface area contributed by atoms with Crippen molar-refractivity contribution in [2.75, 3.05) is 39.5 Å². The lowest BCUT2D eigenvalue weighted by Crippen LogP contribution is -2.25. The molecule has 0 N–H and O–H groups in total. The number of aryl methyl sites for hydroxylation is 2. The largest absolute Gasteiger partial charge is 0.493 e. The standard InChI is InChI=1S/C57H74BrNO4/c1-9-15-20-59(21-16-10-2)39-42-29-47-31-43-18-17-19-44(54(43)60-22-11-3)32-49-33-46(45-27-40(7)26-41(8)28-45)34-50(56(49)62-24-13-5)36-52-38-53(58)37-51(57(52)63-25-14-6)35-48(30-42)55(47)61-23-12-4/h17-19,26-30,33-34,37-38H,9-16,20-25,31-32,35-36,39H2,1-8H3. The Hall–Kier alpha value is -4.26. The van der Waals surface area contributed by atoms with Crippen molar-refractivity contribution < 1.29 is 18.9 Å². The SMILES string of the molecule is CCCCN(CCCC)Cc1cc2c(OCCC)c(c1)Cc1cc(Br)cc(c1OCCC)Cc1cc(-c3cc(C)cc(C)c3)cc(c1OCCC)Cc1cccc(c1OCCC)C2. The van der Waals surface area contributed by atoms with E-state index in [4.69, 9.17) is 18.9 Å². The first-order valence-corrected chi connectivity index (χ1v) is 25.0. The Morgan fingerprint density at radius 2 is 0.810 bits per heavy atom. The zero-order valence-corrected chi connectivity index (χ0v) is 41.4. The third-order valence-electron chi connectivity index (χ3n) is 11.9. The molecule has 0 fully saturated rings. The molecule has 5 nitrogen and oxygen atoms in total. The van der Waals surface area contributed by atoms with Gasteiger partial charge in [-0.1, -0.05) is 130 Å². The van der Waals surface area contributed by atoms with Crippen molar-refractivity contribution in [3.8, 4) is 34.1 Å². The van der Waals surface area contributed by atoms with E-state index in [1.54, 1.807) is 0 Å². The summed E-state index contributed by atoms with van der Waals surface area (Å²) >= 11 is 4.00. The molecule has 6 rings (SSSR count). The van der Waals surface area contributed by atoms with E-state index < -0.39 is 0 Å². The molecule has 338 valence electrons. The summed E-state index contributed by atoms with van der Waals surface area (Å²) in [7, 11) is 0. The average Bonchev–Trinajstić information content (AvgIpc) is 3.25. The van der Waals surface area contributed by atoms with Gasteiger partial charge < -0.3 is 18.9 Å². The van der Waals surface area contributed by atoms with E-state index >= 15 is 0 Å².